The number of nitrogens with zero attached hydrogens (tertiary/aromatic N) is 9. The predicted octanol–water partition coefficient (Wildman–Crippen LogP) is 7.47. The van der Waals surface area contributed by atoms with Crippen molar-refractivity contribution in [2.24, 2.45) is 0 Å². The molecule has 8 aromatic rings. The van der Waals surface area contributed by atoms with E-state index >= 15 is 0 Å². The van der Waals surface area contributed by atoms with Gasteiger partial charge in [-0.1, -0.05) is 50.2 Å². The highest BCUT2D eigenvalue weighted by Crippen LogP contribution is 2.36. The van der Waals surface area contributed by atoms with Crippen molar-refractivity contribution >= 4 is 45.5 Å². The predicted molar refractivity (Wildman–Crippen MR) is 269 cm³/mol. The molecule has 368 valence electrons. The number of para-hydroxylation sites is 2. The molecule has 0 bridgehead atoms. The molecule has 2 aliphatic heterocycles. The standard InChI is InChI=1S/C26H28N6O3.C17H13N5O.C9H17NO3/c1-3-22(33)31(2)14-21-13-18(15-34-21)32-26-23(25(27)28-16-29-26)24(30-32)17-9-11-20(12-10-17)35-19-7-5-4-6-8-19;18-16-14-15(21-22-17(14)20-10-19-16)11-6-8-13(9-7-11)23-12-4-2-1-3-5-12;1-3-9(12)10(2)5-8-4-7(11)6-13-8/h4-12,16,18,21H,3,13-15H2,1-2H3,(H2,27,28,29);1-10H,(H3,18,19,20,21,22);7-8,11H,3-6H2,1-2H3. The number of likely N-dealkylation sites (N-methyl/N-ethyl adjacent to an activating group) is 2. The van der Waals surface area contributed by atoms with Crippen LogP contribution in [0.4, 0.5) is 11.6 Å². The normalized spacial score (nSPS) is 17.2. The van der Waals surface area contributed by atoms with Crippen molar-refractivity contribution < 1.29 is 33.6 Å². The first kappa shape index (κ1) is 49.4. The number of rotatable bonds is 13. The van der Waals surface area contributed by atoms with E-state index in [1.54, 1.807) is 16.8 Å². The Kier molecular flexibility index (Phi) is 16.1. The molecule has 4 aromatic carbocycles. The van der Waals surface area contributed by atoms with Gasteiger partial charge in [0.1, 0.15) is 53.0 Å². The summed E-state index contributed by atoms with van der Waals surface area (Å²) in [6, 6.07) is 34.7. The van der Waals surface area contributed by atoms with Gasteiger partial charge in [0.15, 0.2) is 11.3 Å². The Morgan fingerprint density at radius 3 is 1.73 bits per heavy atom. The molecule has 4 unspecified atom stereocenters. The van der Waals surface area contributed by atoms with E-state index in [2.05, 4.69) is 30.1 Å². The molecule has 2 amide bonds. The van der Waals surface area contributed by atoms with E-state index in [9.17, 15) is 14.7 Å². The van der Waals surface area contributed by atoms with Gasteiger partial charge in [-0.3, -0.25) is 14.7 Å². The summed E-state index contributed by atoms with van der Waals surface area (Å²) in [7, 11) is 3.57. The van der Waals surface area contributed by atoms with Crippen molar-refractivity contribution in [2.45, 2.75) is 63.9 Å². The van der Waals surface area contributed by atoms with Crippen molar-refractivity contribution in [3.8, 4) is 45.5 Å². The molecule has 0 aliphatic carbocycles. The molecule has 2 fully saturated rings. The van der Waals surface area contributed by atoms with Gasteiger partial charge in [-0.15, -0.1) is 0 Å². The fraction of sp³-hybridized carbons (Fsp3) is 0.308. The number of aromatic nitrogens is 8. The second-order valence-electron chi connectivity index (χ2n) is 17.1. The van der Waals surface area contributed by atoms with Crippen molar-refractivity contribution in [1.29, 1.82) is 0 Å². The quantitative estimate of drug-likeness (QED) is 0.0875. The summed E-state index contributed by atoms with van der Waals surface area (Å²) >= 11 is 0. The number of carbonyl (C=O) groups excluding carboxylic acids is 2. The number of nitrogen functional groups attached to an aromatic ring is 2. The molecular formula is C52H58N12O7. The third-order valence-electron chi connectivity index (χ3n) is 12.0. The smallest absolute Gasteiger partial charge is 0.222 e. The number of ether oxygens (including phenoxy) is 4. The van der Waals surface area contributed by atoms with Gasteiger partial charge in [-0.05, 0) is 72.8 Å². The lowest BCUT2D eigenvalue weighted by Gasteiger charge is -2.20. The lowest BCUT2D eigenvalue weighted by atomic mass is 10.1. The number of carbonyl (C=O) groups is 2. The van der Waals surface area contributed by atoms with E-state index in [0.29, 0.717) is 79.6 Å². The highest BCUT2D eigenvalue weighted by molar-refractivity contribution is 5.99. The minimum Gasteiger partial charge on any atom is -0.457 e. The molecule has 6 N–H and O–H groups in total. The minimum atomic E-state index is -0.352. The zero-order chi connectivity index (χ0) is 49.9. The number of amides is 2. The zero-order valence-electron chi connectivity index (χ0n) is 40.1. The fourth-order valence-corrected chi connectivity index (χ4v) is 8.31. The van der Waals surface area contributed by atoms with Gasteiger partial charge in [0.2, 0.25) is 11.8 Å². The second-order valence-corrected chi connectivity index (χ2v) is 17.1. The first-order chi connectivity index (χ1) is 34.5. The number of hydrogen-bond donors (Lipinski definition) is 4. The Labute approximate surface area is 410 Å². The van der Waals surface area contributed by atoms with Gasteiger partial charge in [-0.25, -0.2) is 24.6 Å². The van der Waals surface area contributed by atoms with E-state index in [4.69, 9.17) is 35.5 Å². The third kappa shape index (κ3) is 12.2. The molecule has 2 aliphatic rings. The van der Waals surface area contributed by atoms with Crippen molar-refractivity contribution in [3.05, 3.63) is 122 Å². The van der Waals surface area contributed by atoms with Crippen LogP contribution in [-0.2, 0) is 19.1 Å². The van der Waals surface area contributed by atoms with Gasteiger partial charge in [0.25, 0.3) is 0 Å². The number of nitrogens with one attached hydrogen (secondary N) is 1. The topological polar surface area (TPSA) is 248 Å². The van der Waals surface area contributed by atoms with Crippen LogP contribution < -0.4 is 20.9 Å². The molecule has 10 rings (SSSR count). The number of aliphatic hydroxyl groups is 1. The van der Waals surface area contributed by atoms with E-state index in [-0.39, 0.29) is 36.2 Å². The number of aromatic amines is 1. The molecule has 71 heavy (non-hydrogen) atoms. The van der Waals surface area contributed by atoms with E-state index in [1.165, 1.54) is 12.7 Å². The molecule has 6 heterocycles. The maximum absolute atomic E-state index is 12.0. The molecule has 19 nitrogen and oxygen atoms in total. The summed E-state index contributed by atoms with van der Waals surface area (Å²) in [5.41, 5.74) is 16.8. The van der Waals surface area contributed by atoms with Crippen LogP contribution in [0.25, 0.3) is 44.6 Å². The number of fused-ring (bicyclic) bond motifs is 2. The van der Waals surface area contributed by atoms with Crippen molar-refractivity contribution in [3.63, 3.8) is 0 Å². The highest BCUT2D eigenvalue weighted by Gasteiger charge is 2.32. The molecule has 19 heteroatoms. The Bertz CT molecular complexity index is 3010. The first-order valence-electron chi connectivity index (χ1n) is 23.5. The number of benzene rings is 4. The largest absolute Gasteiger partial charge is 0.457 e. The monoisotopic (exact) mass is 962 g/mol. The molecule has 0 radical (unpaired) electrons. The number of nitrogens with two attached hydrogens (primary N) is 2. The summed E-state index contributed by atoms with van der Waals surface area (Å²) in [6.45, 7) is 5.72. The van der Waals surface area contributed by atoms with Crippen LogP contribution in [0.1, 0.15) is 45.6 Å². The molecule has 0 spiro atoms. The highest BCUT2D eigenvalue weighted by atomic mass is 16.5. The van der Waals surface area contributed by atoms with Crippen LogP contribution in [-0.4, -0.2) is 125 Å². The van der Waals surface area contributed by atoms with Gasteiger partial charge in [0.05, 0.1) is 54.0 Å². The van der Waals surface area contributed by atoms with Crippen molar-refractivity contribution in [1.82, 2.24) is 49.7 Å². The average Bonchev–Trinajstić information content (AvgIpc) is 4.22. The molecule has 4 aromatic heterocycles. The summed E-state index contributed by atoms with van der Waals surface area (Å²) in [6.07, 6.45) is 4.82. The van der Waals surface area contributed by atoms with E-state index < -0.39 is 0 Å². The van der Waals surface area contributed by atoms with E-state index in [0.717, 1.165) is 51.6 Å². The van der Waals surface area contributed by atoms with Crippen LogP contribution in [0.3, 0.4) is 0 Å². The lowest BCUT2D eigenvalue weighted by Crippen LogP contribution is -2.33. The minimum absolute atomic E-state index is 0.00972. The summed E-state index contributed by atoms with van der Waals surface area (Å²) in [4.78, 5) is 43.4. The van der Waals surface area contributed by atoms with Gasteiger partial charge >= 0.3 is 0 Å². The van der Waals surface area contributed by atoms with Crippen LogP contribution in [0, 0.1) is 0 Å². The summed E-state index contributed by atoms with van der Waals surface area (Å²) in [5, 5.41) is 22.7. The molecular weight excluding hydrogens is 905 g/mol. The molecule has 2 saturated heterocycles. The zero-order valence-corrected chi connectivity index (χ0v) is 40.1. The third-order valence-corrected chi connectivity index (χ3v) is 12.0. The lowest BCUT2D eigenvalue weighted by molar-refractivity contribution is -0.131. The Morgan fingerprint density at radius 1 is 0.676 bits per heavy atom. The summed E-state index contributed by atoms with van der Waals surface area (Å²) in [5.74, 6) is 4.06. The van der Waals surface area contributed by atoms with Crippen LogP contribution in [0.5, 0.6) is 23.0 Å². The SMILES string of the molecule is CCC(=O)N(C)CC1CC(O)CO1.CCC(=O)N(C)CC1CC(n2nc(-c3ccc(Oc4ccccc4)cc3)c3c(N)ncnc32)CO1.Nc1ncnc2n[nH]c(-c3ccc(Oc4ccccc4)cc3)c12. The summed E-state index contributed by atoms with van der Waals surface area (Å²) < 4.78 is 24.9. The van der Waals surface area contributed by atoms with Gasteiger partial charge < -0.3 is 45.3 Å². The Balaban J connectivity index is 0.000000160. The van der Waals surface area contributed by atoms with Crippen LogP contribution in [0.2, 0.25) is 0 Å². The average molecular weight is 963 g/mol. The van der Waals surface area contributed by atoms with Gasteiger partial charge in [-0.2, -0.15) is 10.2 Å². The molecule has 4 atom stereocenters. The molecule has 0 saturated carbocycles. The van der Waals surface area contributed by atoms with Crippen molar-refractivity contribution in [2.75, 3.05) is 51.9 Å². The van der Waals surface area contributed by atoms with Crippen LogP contribution in [0.15, 0.2) is 122 Å². The number of H-pyrrole nitrogens is 1. The van der Waals surface area contributed by atoms with E-state index in [1.807, 2.05) is 135 Å². The Hall–Kier alpha value is -8.00. The number of aliphatic hydroxyl groups excluding tert-OH is 1. The number of anilines is 2. The Morgan fingerprint density at radius 2 is 1.18 bits per heavy atom. The van der Waals surface area contributed by atoms with Crippen LogP contribution >= 0.6 is 0 Å². The van der Waals surface area contributed by atoms with Gasteiger partial charge in [0, 0.05) is 64.0 Å². The number of hydrogen-bond acceptors (Lipinski definition) is 15. The first-order valence-corrected chi connectivity index (χ1v) is 23.5. The fourth-order valence-electron chi connectivity index (χ4n) is 8.31. The maximum atomic E-state index is 12.0. The maximum Gasteiger partial charge on any atom is 0.222 e. The second kappa shape index (κ2) is 23.1.